The van der Waals surface area contributed by atoms with Crippen LogP contribution in [0.3, 0.4) is 0 Å². The number of hydrogen-bond donors (Lipinski definition) is 0. The van der Waals surface area contributed by atoms with Crippen LogP contribution in [0.25, 0.3) is 11.0 Å². The highest BCUT2D eigenvalue weighted by Crippen LogP contribution is 2.41. The molecule has 0 N–H and O–H groups in total. The van der Waals surface area contributed by atoms with Crippen LogP contribution in [-0.2, 0) is 6.54 Å². The van der Waals surface area contributed by atoms with Gasteiger partial charge in [-0.15, -0.1) is 11.8 Å². The molecule has 1 heterocycles. The third-order valence-corrected chi connectivity index (χ3v) is 6.94. The molecule has 1 aromatic heterocycles. The maximum atomic E-state index is 6.53. The summed E-state index contributed by atoms with van der Waals surface area (Å²) in [6, 6.07) is 37.5. The second-order valence-corrected chi connectivity index (χ2v) is 8.94. The lowest BCUT2D eigenvalue weighted by Gasteiger charge is -2.19. The number of aromatic nitrogens is 2. The minimum atomic E-state index is 0.0542. The monoisotopic (exact) mass is 440 g/mol. The average Bonchev–Trinajstić information content (AvgIpc) is 3.18. The summed E-state index contributed by atoms with van der Waals surface area (Å²) in [7, 11) is 0. The van der Waals surface area contributed by atoms with E-state index < -0.39 is 0 Å². The van der Waals surface area contributed by atoms with Gasteiger partial charge in [-0.25, -0.2) is 4.98 Å². The lowest BCUT2D eigenvalue weighted by atomic mass is 10.1. The van der Waals surface area contributed by atoms with Crippen LogP contribution in [-0.4, -0.2) is 9.55 Å². The Morgan fingerprint density at radius 1 is 0.742 bits per heavy atom. The van der Waals surface area contributed by atoms with Crippen LogP contribution in [0.5, 0.6) is 0 Å². The average molecular weight is 441 g/mol. The maximum Gasteiger partial charge on any atom is 0.128 e. The van der Waals surface area contributed by atoms with E-state index in [1.807, 2.05) is 42.1 Å². The smallest absolute Gasteiger partial charge is 0.128 e. The molecule has 0 spiro atoms. The van der Waals surface area contributed by atoms with Gasteiger partial charge < -0.3 is 4.57 Å². The van der Waals surface area contributed by atoms with Gasteiger partial charge in [0.15, 0.2) is 0 Å². The summed E-state index contributed by atoms with van der Waals surface area (Å²) in [5, 5.41) is 0.830. The van der Waals surface area contributed by atoms with Crippen molar-refractivity contribution < 1.29 is 0 Å². The zero-order valence-electron chi connectivity index (χ0n) is 16.9. The van der Waals surface area contributed by atoms with Crippen molar-refractivity contribution in [1.82, 2.24) is 9.55 Å². The first-order valence-corrected chi connectivity index (χ1v) is 11.5. The van der Waals surface area contributed by atoms with Gasteiger partial charge >= 0.3 is 0 Å². The highest BCUT2D eigenvalue weighted by Gasteiger charge is 2.23. The molecule has 0 amide bonds. The van der Waals surface area contributed by atoms with Crippen molar-refractivity contribution in [3.8, 4) is 0 Å². The molecule has 1 unspecified atom stereocenters. The number of imidazole rings is 1. The molecule has 4 heteroatoms. The maximum absolute atomic E-state index is 6.53. The minimum absolute atomic E-state index is 0.0542. The summed E-state index contributed by atoms with van der Waals surface area (Å²) in [4.78, 5) is 6.33. The lowest BCUT2D eigenvalue weighted by molar-refractivity contribution is 0.757. The van der Waals surface area contributed by atoms with Crippen molar-refractivity contribution in [2.75, 3.05) is 0 Å². The molecule has 0 saturated heterocycles. The fraction of sp³-hybridized carbons (Fsp3) is 0.0741. The van der Waals surface area contributed by atoms with Crippen LogP contribution in [0, 0.1) is 0 Å². The molecule has 2 nitrogen and oxygen atoms in total. The van der Waals surface area contributed by atoms with E-state index in [0.29, 0.717) is 6.54 Å². The molecule has 152 valence electrons. The molecule has 1 atom stereocenters. The Bertz CT molecular complexity index is 1300. The molecular weight excluding hydrogens is 420 g/mol. The number of nitrogens with zero attached hydrogens (tertiary/aromatic N) is 2. The van der Waals surface area contributed by atoms with E-state index in [4.69, 9.17) is 16.6 Å². The van der Waals surface area contributed by atoms with E-state index in [2.05, 4.69) is 83.4 Å². The molecule has 0 aliphatic rings. The number of thioether (sulfide) groups is 1. The molecule has 0 aliphatic heterocycles. The molecule has 5 aromatic rings. The fourth-order valence-corrected chi connectivity index (χ4v) is 5.15. The molecule has 0 fully saturated rings. The number of rotatable bonds is 6. The van der Waals surface area contributed by atoms with E-state index >= 15 is 0 Å². The Balaban J connectivity index is 1.67. The summed E-state index contributed by atoms with van der Waals surface area (Å²) in [5.41, 5.74) is 4.43. The summed E-state index contributed by atoms with van der Waals surface area (Å²) < 4.78 is 2.31. The number of benzene rings is 4. The van der Waals surface area contributed by atoms with Crippen LogP contribution >= 0.6 is 23.4 Å². The first-order chi connectivity index (χ1) is 15.3. The van der Waals surface area contributed by atoms with Gasteiger partial charge in [-0.1, -0.05) is 90.5 Å². The summed E-state index contributed by atoms with van der Waals surface area (Å²) in [5.74, 6) is 1.03. The Hall–Kier alpha value is -3.01. The van der Waals surface area contributed by atoms with E-state index in [1.54, 1.807) is 0 Å². The van der Waals surface area contributed by atoms with Crippen LogP contribution in [0.15, 0.2) is 114 Å². The Morgan fingerprint density at radius 2 is 1.39 bits per heavy atom. The molecular formula is C27H21ClN2S. The van der Waals surface area contributed by atoms with Gasteiger partial charge in [-0.05, 0) is 41.5 Å². The third kappa shape index (κ3) is 4.25. The SMILES string of the molecule is Clc1ccccc1Cn1c(C(Sc2ccccc2)c2ccccc2)nc2ccccc21. The van der Waals surface area contributed by atoms with Gasteiger partial charge in [-0.3, -0.25) is 0 Å². The molecule has 4 aromatic carbocycles. The van der Waals surface area contributed by atoms with Crippen molar-refractivity contribution in [2.24, 2.45) is 0 Å². The summed E-state index contributed by atoms with van der Waals surface area (Å²) in [6.45, 7) is 0.675. The number of halogens is 1. The summed E-state index contributed by atoms with van der Waals surface area (Å²) >= 11 is 8.35. The van der Waals surface area contributed by atoms with Gasteiger partial charge in [-0.2, -0.15) is 0 Å². The molecule has 0 bridgehead atoms. The molecule has 0 saturated carbocycles. The van der Waals surface area contributed by atoms with Crippen molar-refractivity contribution in [2.45, 2.75) is 16.7 Å². The predicted octanol–water partition coefficient (Wildman–Crippen LogP) is 7.62. The van der Waals surface area contributed by atoms with Crippen molar-refractivity contribution in [3.05, 3.63) is 131 Å². The van der Waals surface area contributed by atoms with Crippen LogP contribution in [0.4, 0.5) is 0 Å². The quantitative estimate of drug-likeness (QED) is 0.253. The summed E-state index contributed by atoms with van der Waals surface area (Å²) in [6.07, 6.45) is 0. The highest BCUT2D eigenvalue weighted by atomic mass is 35.5. The first kappa shape index (κ1) is 19.9. The first-order valence-electron chi connectivity index (χ1n) is 10.2. The molecule has 31 heavy (non-hydrogen) atoms. The zero-order chi connectivity index (χ0) is 21.0. The number of fused-ring (bicyclic) bond motifs is 1. The van der Waals surface area contributed by atoms with E-state index in [1.165, 1.54) is 10.5 Å². The molecule has 0 aliphatic carbocycles. The van der Waals surface area contributed by atoms with Gasteiger partial charge in [0.2, 0.25) is 0 Å². The van der Waals surface area contributed by atoms with Crippen LogP contribution in [0.2, 0.25) is 5.02 Å². The normalized spacial score (nSPS) is 12.2. The highest BCUT2D eigenvalue weighted by molar-refractivity contribution is 7.99. The second kappa shape index (κ2) is 9.01. The van der Waals surface area contributed by atoms with Crippen LogP contribution < -0.4 is 0 Å². The molecule has 0 radical (unpaired) electrons. The van der Waals surface area contributed by atoms with E-state index in [-0.39, 0.29) is 5.25 Å². The van der Waals surface area contributed by atoms with Crippen LogP contribution in [0.1, 0.15) is 22.2 Å². The molecule has 5 rings (SSSR count). The van der Waals surface area contributed by atoms with Gasteiger partial charge in [0.1, 0.15) is 5.82 Å². The third-order valence-electron chi connectivity index (χ3n) is 5.30. The minimum Gasteiger partial charge on any atom is -0.322 e. The van der Waals surface area contributed by atoms with Gasteiger partial charge in [0.05, 0.1) is 22.8 Å². The predicted molar refractivity (Wildman–Crippen MR) is 131 cm³/mol. The van der Waals surface area contributed by atoms with Crippen molar-refractivity contribution in [3.63, 3.8) is 0 Å². The zero-order valence-corrected chi connectivity index (χ0v) is 18.4. The Kier molecular flexibility index (Phi) is 5.79. The Labute approximate surface area is 191 Å². The van der Waals surface area contributed by atoms with E-state index in [0.717, 1.165) is 27.4 Å². The second-order valence-electron chi connectivity index (χ2n) is 7.36. The topological polar surface area (TPSA) is 17.8 Å². The van der Waals surface area contributed by atoms with Gasteiger partial charge in [0.25, 0.3) is 0 Å². The van der Waals surface area contributed by atoms with Gasteiger partial charge in [0, 0.05) is 9.92 Å². The standard InChI is InChI=1S/C27H21ClN2S/c28-23-16-8-7-13-21(23)19-30-25-18-10-9-17-24(25)29-27(30)26(20-11-3-1-4-12-20)31-22-14-5-2-6-15-22/h1-18,26H,19H2. The lowest BCUT2D eigenvalue weighted by Crippen LogP contribution is -2.10. The Morgan fingerprint density at radius 3 is 2.16 bits per heavy atom. The fourth-order valence-electron chi connectivity index (χ4n) is 3.79. The largest absolute Gasteiger partial charge is 0.322 e. The van der Waals surface area contributed by atoms with Crippen molar-refractivity contribution in [1.29, 1.82) is 0 Å². The number of para-hydroxylation sites is 2. The van der Waals surface area contributed by atoms with Crippen molar-refractivity contribution >= 4 is 34.4 Å². The van der Waals surface area contributed by atoms with E-state index in [9.17, 15) is 0 Å². The number of hydrogen-bond acceptors (Lipinski definition) is 2.